The molecule has 0 bridgehead atoms. The second kappa shape index (κ2) is 8.91. The Kier molecular flexibility index (Phi) is 7.93. The van der Waals surface area contributed by atoms with Gasteiger partial charge in [0.2, 0.25) is 0 Å². The molecule has 1 rings (SSSR count). The van der Waals surface area contributed by atoms with Gasteiger partial charge in [-0.15, -0.1) is 0 Å². The van der Waals surface area contributed by atoms with Gasteiger partial charge in [-0.25, -0.2) is 0 Å². The van der Waals surface area contributed by atoms with E-state index in [0.29, 0.717) is 25.6 Å². The lowest BCUT2D eigenvalue weighted by atomic mass is 9.98. The third-order valence-corrected chi connectivity index (χ3v) is 5.16. The van der Waals surface area contributed by atoms with Gasteiger partial charge in [0.25, 0.3) is 10.2 Å². The zero-order valence-electron chi connectivity index (χ0n) is 12.6. The summed E-state index contributed by atoms with van der Waals surface area (Å²) in [4.78, 5) is 0. The van der Waals surface area contributed by atoms with Gasteiger partial charge < -0.3 is 14.8 Å². The highest BCUT2D eigenvalue weighted by Crippen LogP contribution is 2.18. The summed E-state index contributed by atoms with van der Waals surface area (Å²) in [6.45, 7) is 2.68. The molecule has 1 heterocycles. The molecule has 1 aliphatic heterocycles. The van der Waals surface area contributed by atoms with Crippen molar-refractivity contribution >= 4 is 10.2 Å². The molecule has 1 unspecified atom stereocenters. The molecule has 1 fully saturated rings. The van der Waals surface area contributed by atoms with Crippen molar-refractivity contribution in [1.82, 2.24) is 14.3 Å². The Balaban J connectivity index is 2.41. The summed E-state index contributed by atoms with van der Waals surface area (Å²) in [5.41, 5.74) is 0. The van der Waals surface area contributed by atoms with E-state index >= 15 is 0 Å². The van der Waals surface area contributed by atoms with Crippen molar-refractivity contribution in [3.05, 3.63) is 0 Å². The van der Waals surface area contributed by atoms with Crippen molar-refractivity contribution in [1.29, 1.82) is 0 Å². The molecule has 0 radical (unpaired) electrons. The van der Waals surface area contributed by atoms with E-state index in [1.165, 1.54) is 4.31 Å². The maximum atomic E-state index is 12.2. The van der Waals surface area contributed by atoms with Crippen LogP contribution in [0.3, 0.4) is 0 Å². The van der Waals surface area contributed by atoms with Crippen LogP contribution in [0.1, 0.15) is 12.8 Å². The van der Waals surface area contributed by atoms with Gasteiger partial charge in [-0.3, -0.25) is 0 Å². The predicted octanol–water partition coefficient (Wildman–Crippen LogP) is -0.586. The molecule has 0 aromatic heterocycles. The third kappa shape index (κ3) is 5.63. The van der Waals surface area contributed by atoms with Gasteiger partial charge in [-0.05, 0) is 32.4 Å². The van der Waals surface area contributed by atoms with Gasteiger partial charge in [0.1, 0.15) is 0 Å². The van der Waals surface area contributed by atoms with Crippen LogP contribution in [0.25, 0.3) is 0 Å². The van der Waals surface area contributed by atoms with E-state index < -0.39 is 10.2 Å². The fourth-order valence-corrected chi connectivity index (χ4v) is 3.60. The average molecular weight is 309 g/mol. The van der Waals surface area contributed by atoms with E-state index in [-0.39, 0.29) is 12.6 Å². The Morgan fingerprint density at radius 1 is 1.30 bits per heavy atom. The first-order valence-corrected chi connectivity index (χ1v) is 8.38. The number of ether oxygens (including phenoxy) is 2. The molecular formula is C12H27N3O4S. The first-order valence-electron chi connectivity index (χ1n) is 6.94. The quantitative estimate of drug-likeness (QED) is 0.595. The van der Waals surface area contributed by atoms with E-state index in [2.05, 4.69) is 10.0 Å². The molecule has 120 valence electrons. The zero-order valence-corrected chi connectivity index (χ0v) is 13.4. The molecule has 0 amide bonds. The van der Waals surface area contributed by atoms with Crippen LogP contribution in [-0.2, 0) is 19.7 Å². The summed E-state index contributed by atoms with van der Waals surface area (Å²) in [5.74, 6) is 0.562. The van der Waals surface area contributed by atoms with Crippen LogP contribution in [-0.4, -0.2) is 72.9 Å². The van der Waals surface area contributed by atoms with Crippen LogP contribution in [0.4, 0.5) is 0 Å². The molecule has 0 saturated carbocycles. The lowest BCUT2D eigenvalue weighted by Gasteiger charge is -2.31. The van der Waals surface area contributed by atoms with Gasteiger partial charge in [-0.2, -0.15) is 17.4 Å². The van der Waals surface area contributed by atoms with Gasteiger partial charge in [0.15, 0.2) is 0 Å². The minimum Gasteiger partial charge on any atom is -0.382 e. The molecule has 0 aliphatic carbocycles. The van der Waals surface area contributed by atoms with Crippen molar-refractivity contribution < 1.29 is 17.9 Å². The second-order valence-corrected chi connectivity index (χ2v) is 6.82. The van der Waals surface area contributed by atoms with Gasteiger partial charge in [0.05, 0.1) is 12.7 Å². The highest BCUT2D eigenvalue weighted by atomic mass is 32.2. The summed E-state index contributed by atoms with van der Waals surface area (Å²) >= 11 is 0. The van der Waals surface area contributed by atoms with Crippen molar-refractivity contribution in [3.63, 3.8) is 0 Å². The molecule has 0 aromatic rings. The Morgan fingerprint density at radius 2 is 1.95 bits per heavy atom. The van der Waals surface area contributed by atoms with Gasteiger partial charge in [0, 0.05) is 33.9 Å². The van der Waals surface area contributed by atoms with Crippen molar-refractivity contribution in [3.8, 4) is 0 Å². The number of nitrogens with one attached hydrogen (secondary N) is 2. The molecule has 1 aliphatic rings. The summed E-state index contributed by atoms with van der Waals surface area (Å²) in [7, 11) is 1.61. The minimum absolute atomic E-state index is 0.225. The van der Waals surface area contributed by atoms with E-state index in [0.717, 1.165) is 19.4 Å². The van der Waals surface area contributed by atoms with Crippen LogP contribution >= 0.6 is 0 Å². The molecule has 8 heteroatoms. The fraction of sp³-hybridized carbons (Fsp3) is 1.00. The van der Waals surface area contributed by atoms with Crippen molar-refractivity contribution in [2.24, 2.45) is 5.92 Å². The standard InChI is InChI=1S/C12H27N3O4S/c1-13-8-11-4-6-15(7-5-11)20(16,17)14-9-12(19-3)10-18-2/h11-14H,4-10H2,1-3H3. The fourth-order valence-electron chi connectivity index (χ4n) is 2.33. The Morgan fingerprint density at radius 3 is 2.45 bits per heavy atom. The smallest absolute Gasteiger partial charge is 0.279 e. The zero-order chi connectivity index (χ0) is 15.0. The molecule has 1 atom stereocenters. The number of hydrogen-bond donors (Lipinski definition) is 2. The van der Waals surface area contributed by atoms with Crippen LogP contribution < -0.4 is 10.0 Å². The third-order valence-electron chi connectivity index (χ3n) is 3.59. The molecule has 1 saturated heterocycles. The second-order valence-electron chi connectivity index (χ2n) is 5.07. The monoisotopic (exact) mass is 309 g/mol. The summed E-state index contributed by atoms with van der Waals surface area (Å²) in [6.07, 6.45) is 1.53. The van der Waals surface area contributed by atoms with E-state index in [1.54, 1.807) is 14.2 Å². The van der Waals surface area contributed by atoms with Crippen molar-refractivity contribution in [2.75, 3.05) is 54.1 Å². The normalized spacial score (nSPS) is 20.1. The largest absolute Gasteiger partial charge is 0.382 e. The highest BCUT2D eigenvalue weighted by molar-refractivity contribution is 7.87. The maximum absolute atomic E-state index is 12.2. The molecular weight excluding hydrogens is 282 g/mol. The van der Waals surface area contributed by atoms with E-state index in [9.17, 15) is 8.42 Å². The van der Waals surface area contributed by atoms with Gasteiger partial charge in [-0.1, -0.05) is 0 Å². The SMILES string of the molecule is CNCC1CCN(S(=O)(=O)NCC(COC)OC)CC1. The number of methoxy groups -OCH3 is 2. The van der Waals surface area contributed by atoms with Crippen LogP contribution in [0, 0.1) is 5.92 Å². The first-order chi connectivity index (χ1) is 9.53. The summed E-state index contributed by atoms with van der Waals surface area (Å²) in [6, 6.07) is 0. The summed E-state index contributed by atoms with van der Waals surface area (Å²) in [5, 5.41) is 3.14. The van der Waals surface area contributed by atoms with Gasteiger partial charge >= 0.3 is 0 Å². The highest BCUT2D eigenvalue weighted by Gasteiger charge is 2.28. The van der Waals surface area contributed by atoms with E-state index in [1.807, 2.05) is 7.05 Å². The average Bonchev–Trinajstić information content (AvgIpc) is 2.44. The Hall–Kier alpha value is -0.250. The molecule has 0 spiro atoms. The topological polar surface area (TPSA) is 79.9 Å². The number of nitrogens with zero attached hydrogens (tertiary/aromatic N) is 1. The Bertz CT molecular complexity index is 356. The molecule has 7 nitrogen and oxygen atoms in total. The Labute approximate surface area is 122 Å². The lowest BCUT2D eigenvalue weighted by molar-refractivity contribution is 0.0317. The number of rotatable bonds is 9. The molecule has 0 aromatic carbocycles. The van der Waals surface area contributed by atoms with Crippen molar-refractivity contribution in [2.45, 2.75) is 18.9 Å². The molecule has 2 N–H and O–H groups in total. The molecule has 20 heavy (non-hydrogen) atoms. The first kappa shape index (κ1) is 17.8. The van der Waals surface area contributed by atoms with E-state index in [4.69, 9.17) is 9.47 Å². The summed E-state index contributed by atoms with van der Waals surface area (Å²) < 4.78 is 38.6. The minimum atomic E-state index is -3.42. The number of hydrogen-bond acceptors (Lipinski definition) is 5. The lowest BCUT2D eigenvalue weighted by Crippen LogP contribution is -2.48. The predicted molar refractivity (Wildman–Crippen MR) is 77.8 cm³/mol. The van der Waals surface area contributed by atoms with Crippen LogP contribution in [0.5, 0.6) is 0 Å². The van der Waals surface area contributed by atoms with Crippen LogP contribution in [0.2, 0.25) is 0 Å². The van der Waals surface area contributed by atoms with Crippen LogP contribution in [0.15, 0.2) is 0 Å². The number of piperidine rings is 1. The maximum Gasteiger partial charge on any atom is 0.279 e.